The summed E-state index contributed by atoms with van der Waals surface area (Å²) < 4.78 is 11.3. The van der Waals surface area contributed by atoms with E-state index in [1.165, 1.54) is 67.4 Å². The largest absolute Gasteiger partial charge is 0.481 e. The van der Waals surface area contributed by atoms with Crippen LogP contribution >= 0.6 is 0 Å². The van der Waals surface area contributed by atoms with Gasteiger partial charge in [0.05, 0.1) is 5.41 Å². The second-order valence-corrected chi connectivity index (χ2v) is 13.6. The minimum atomic E-state index is -0.470. The highest BCUT2D eigenvalue weighted by molar-refractivity contribution is 6.22. The highest BCUT2D eigenvalue weighted by atomic mass is 16.5. The average Bonchev–Trinajstić information content (AvgIpc) is 3.57. The van der Waals surface area contributed by atoms with Crippen LogP contribution in [-0.4, -0.2) is 13.2 Å². The Morgan fingerprint density at radius 2 is 0.737 bits per heavy atom. The molecule has 0 atom stereocenters. The van der Waals surface area contributed by atoms with E-state index in [0.717, 1.165) is 22.6 Å². The van der Waals surface area contributed by atoms with E-state index in [9.17, 15) is 0 Å². The first kappa shape index (κ1) is 41.7. The number of hydrogen-bond acceptors (Lipinski definition) is 2. The lowest BCUT2D eigenvalue weighted by molar-refractivity contribution is 0.370. The molecule has 0 saturated carbocycles. The molecule has 0 fully saturated rings. The number of rotatable bonds is 6. The lowest BCUT2D eigenvalue weighted by atomic mass is 9.68. The Morgan fingerprint density at radius 1 is 0.421 bits per heavy atom. The zero-order valence-corrected chi connectivity index (χ0v) is 34.3. The number of ether oxygens (including phenoxy) is 2. The molecule has 0 radical (unpaired) electrons. The first-order valence-corrected chi connectivity index (χ1v) is 20.2. The number of terminal acetylenes is 2. The quantitative estimate of drug-likeness (QED) is 0.125. The third-order valence-corrected chi connectivity index (χ3v) is 9.56. The summed E-state index contributed by atoms with van der Waals surface area (Å²) in [7, 11) is 0. The van der Waals surface area contributed by atoms with Crippen molar-refractivity contribution in [3.05, 3.63) is 180 Å². The SMILES string of the molecule is C#CCOc1ccc(C2(c3ccc(OCC#C)cc3)c3ccccc3-c3ccccc32)cc1.CC.CCC.CCC.c1cc2ccc3cccc4ccc(c1)c2c34. The normalized spacial score (nSPS) is 11.4. The molecule has 0 saturated heterocycles. The molecule has 1 aliphatic carbocycles. The summed E-state index contributed by atoms with van der Waals surface area (Å²) in [5.74, 6) is 6.55. The Kier molecular flexibility index (Phi) is 14.9. The van der Waals surface area contributed by atoms with Gasteiger partial charge in [-0.2, -0.15) is 0 Å². The van der Waals surface area contributed by atoms with Crippen molar-refractivity contribution < 1.29 is 9.47 Å². The van der Waals surface area contributed by atoms with Crippen molar-refractivity contribution in [1.29, 1.82) is 0 Å². The van der Waals surface area contributed by atoms with Crippen molar-refractivity contribution in [3.63, 3.8) is 0 Å². The molecule has 2 nitrogen and oxygen atoms in total. The standard InChI is InChI=1S/C31H22O2.C16H10.2C3H8.C2H6/c1-3-21-32-25-17-13-23(14-18-25)31(24-15-19-26(20-16-24)33-22-4-2)29-11-7-5-9-27(29)28-10-6-8-12-30(28)31;1-3-11-7-9-13-5-2-6-14-10-8-12(4-1)15(11)16(13)14;2*1-3-2;1-2/h1-2,5-20H,21-22H2;1-10H;2*3H2,1-2H3;1-2H3. The van der Waals surface area contributed by atoms with Gasteiger partial charge in [0.2, 0.25) is 0 Å². The number of hydrogen-bond donors (Lipinski definition) is 0. The molecule has 9 rings (SSSR count). The predicted molar refractivity (Wildman–Crippen MR) is 246 cm³/mol. The van der Waals surface area contributed by atoms with Crippen LogP contribution in [0.2, 0.25) is 0 Å². The van der Waals surface area contributed by atoms with Gasteiger partial charge in [0, 0.05) is 0 Å². The molecule has 2 heteroatoms. The van der Waals surface area contributed by atoms with E-state index in [1.54, 1.807) is 0 Å². The van der Waals surface area contributed by atoms with Crippen LogP contribution in [0.25, 0.3) is 43.4 Å². The van der Waals surface area contributed by atoms with Crippen LogP contribution in [-0.2, 0) is 5.41 Å². The monoisotopic (exact) mass is 746 g/mol. The molecule has 0 bridgehead atoms. The van der Waals surface area contributed by atoms with Crippen LogP contribution in [0.4, 0.5) is 0 Å². The van der Waals surface area contributed by atoms with E-state index in [1.807, 2.05) is 38.1 Å². The first-order chi connectivity index (χ1) is 28.0. The van der Waals surface area contributed by atoms with Gasteiger partial charge in [0.1, 0.15) is 24.7 Å². The summed E-state index contributed by atoms with van der Waals surface area (Å²) in [4.78, 5) is 0. The fraction of sp³-hybridized carbons (Fsp3) is 0.200. The summed E-state index contributed by atoms with van der Waals surface area (Å²) in [6.07, 6.45) is 13.2. The Morgan fingerprint density at radius 3 is 1.05 bits per heavy atom. The van der Waals surface area contributed by atoms with Gasteiger partial charge in [-0.15, -0.1) is 12.8 Å². The third kappa shape index (κ3) is 8.68. The van der Waals surface area contributed by atoms with Crippen molar-refractivity contribution in [2.75, 3.05) is 13.2 Å². The van der Waals surface area contributed by atoms with Gasteiger partial charge in [-0.25, -0.2) is 0 Å². The lowest BCUT2D eigenvalue weighted by Crippen LogP contribution is -2.28. The van der Waals surface area contributed by atoms with E-state index in [-0.39, 0.29) is 13.2 Å². The van der Waals surface area contributed by atoms with Gasteiger partial charge in [0.25, 0.3) is 0 Å². The van der Waals surface area contributed by atoms with Crippen LogP contribution in [0, 0.1) is 24.7 Å². The molecular weight excluding hydrogens is 693 g/mol. The highest BCUT2D eigenvalue weighted by Gasteiger charge is 2.45. The van der Waals surface area contributed by atoms with Crippen LogP contribution < -0.4 is 9.47 Å². The van der Waals surface area contributed by atoms with Gasteiger partial charge < -0.3 is 9.47 Å². The van der Waals surface area contributed by atoms with Gasteiger partial charge in [0.15, 0.2) is 0 Å². The summed E-state index contributed by atoms with van der Waals surface area (Å²) >= 11 is 0. The van der Waals surface area contributed by atoms with Gasteiger partial charge in [-0.1, -0.05) is 200 Å². The molecule has 0 amide bonds. The second kappa shape index (κ2) is 20.4. The first-order valence-electron chi connectivity index (χ1n) is 20.2. The Bertz CT molecular complexity index is 2310. The molecule has 1 aliphatic rings. The zero-order chi connectivity index (χ0) is 40.6. The zero-order valence-electron chi connectivity index (χ0n) is 34.3. The lowest BCUT2D eigenvalue weighted by Gasteiger charge is -2.34. The van der Waals surface area contributed by atoms with Crippen molar-refractivity contribution in [1.82, 2.24) is 0 Å². The fourth-order valence-electron chi connectivity index (χ4n) is 7.55. The van der Waals surface area contributed by atoms with Crippen molar-refractivity contribution in [2.24, 2.45) is 0 Å². The van der Waals surface area contributed by atoms with Crippen molar-refractivity contribution in [2.45, 2.75) is 59.8 Å². The van der Waals surface area contributed by atoms with Crippen LogP contribution in [0.1, 0.15) is 76.6 Å². The van der Waals surface area contributed by atoms with E-state index >= 15 is 0 Å². The Balaban J connectivity index is 0.000000213. The van der Waals surface area contributed by atoms with Crippen molar-refractivity contribution in [3.8, 4) is 47.3 Å². The Hall–Kier alpha value is -6.48. The molecule has 8 aromatic rings. The van der Waals surface area contributed by atoms with E-state index in [0.29, 0.717) is 0 Å². The molecule has 8 aromatic carbocycles. The van der Waals surface area contributed by atoms with Gasteiger partial charge in [-0.05, 0) is 90.0 Å². The van der Waals surface area contributed by atoms with E-state index in [2.05, 4.69) is 173 Å². The molecule has 0 spiro atoms. The molecule has 0 heterocycles. The van der Waals surface area contributed by atoms with Crippen molar-refractivity contribution >= 4 is 32.3 Å². The maximum Gasteiger partial charge on any atom is 0.148 e. The molecule has 0 aromatic heterocycles. The fourth-order valence-corrected chi connectivity index (χ4v) is 7.55. The maximum atomic E-state index is 5.63. The smallest absolute Gasteiger partial charge is 0.148 e. The van der Waals surface area contributed by atoms with Gasteiger partial charge >= 0.3 is 0 Å². The van der Waals surface area contributed by atoms with Crippen LogP contribution in [0.15, 0.2) is 158 Å². The molecule has 57 heavy (non-hydrogen) atoms. The number of fused-ring (bicyclic) bond motifs is 3. The Labute approximate surface area is 340 Å². The molecule has 0 N–H and O–H groups in total. The third-order valence-electron chi connectivity index (χ3n) is 9.56. The summed E-state index contributed by atoms with van der Waals surface area (Å²) in [5.41, 5.74) is 6.83. The van der Waals surface area contributed by atoms with E-state index in [4.69, 9.17) is 22.3 Å². The highest BCUT2D eigenvalue weighted by Crippen LogP contribution is 2.56. The van der Waals surface area contributed by atoms with Crippen LogP contribution in [0.3, 0.4) is 0 Å². The molecule has 0 unspecified atom stereocenters. The molecule has 0 aliphatic heterocycles. The van der Waals surface area contributed by atoms with Gasteiger partial charge in [-0.3, -0.25) is 0 Å². The van der Waals surface area contributed by atoms with E-state index < -0.39 is 5.41 Å². The summed E-state index contributed by atoms with van der Waals surface area (Å²) in [5, 5.41) is 8.14. The van der Waals surface area contributed by atoms with Crippen LogP contribution in [0.5, 0.6) is 11.5 Å². The summed E-state index contributed by atoms with van der Waals surface area (Å²) in [6, 6.07) is 55.6. The molecular formula is C55H54O2. The minimum absolute atomic E-state index is 0.245. The maximum absolute atomic E-state index is 5.63. The predicted octanol–water partition coefficient (Wildman–Crippen LogP) is 14.5. The number of benzene rings is 8. The minimum Gasteiger partial charge on any atom is -0.481 e. The molecule has 286 valence electrons. The average molecular weight is 747 g/mol. The second-order valence-electron chi connectivity index (χ2n) is 13.6. The summed E-state index contributed by atoms with van der Waals surface area (Å²) in [6.45, 7) is 13.0. The topological polar surface area (TPSA) is 18.5 Å².